The lowest BCUT2D eigenvalue weighted by atomic mass is 9.61. The quantitative estimate of drug-likeness (QED) is 0.678. The van der Waals surface area contributed by atoms with Crippen LogP contribution in [0.15, 0.2) is 0 Å². The predicted molar refractivity (Wildman–Crippen MR) is 61.0 cm³/mol. The van der Waals surface area contributed by atoms with Gasteiger partial charge in [0.2, 0.25) is 0 Å². The highest BCUT2D eigenvalue weighted by atomic mass is 16.7. The summed E-state index contributed by atoms with van der Waals surface area (Å²) in [5.74, 6) is 0.254. The van der Waals surface area contributed by atoms with Crippen LogP contribution in [-0.4, -0.2) is 25.3 Å². The van der Waals surface area contributed by atoms with Gasteiger partial charge in [-0.15, -0.1) is 0 Å². The summed E-state index contributed by atoms with van der Waals surface area (Å²) < 4.78 is 11.7. The molecule has 2 atom stereocenters. The highest BCUT2D eigenvalue weighted by molar-refractivity contribution is 5.50. The number of aldehydes is 1. The lowest BCUT2D eigenvalue weighted by Crippen LogP contribution is -2.51. The molecule has 1 saturated carbocycles. The van der Waals surface area contributed by atoms with Crippen molar-refractivity contribution in [2.45, 2.75) is 45.8 Å². The maximum atomic E-state index is 10.8. The van der Waals surface area contributed by atoms with Crippen LogP contribution < -0.4 is 0 Å². The van der Waals surface area contributed by atoms with Crippen LogP contribution in [0.5, 0.6) is 0 Å². The van der Waals surface area contributed by atoms with Gasteiger partial charge < -0.3 is 14.3 Å². The molecule has 2 aliphatic rings. The van der Waals surface area contributed by atoms with Crippen LogP contribution in [0, 0.1) is 17.3 Å². The summed E-state index contributed by atoms with van der Waals surface area (Å²) in [4.78, 5) is 10.8. The smallest absolute Gasteiger partial charge is 0.171 e. The van der Waals surface area contributed by atoms with E-state index in [9.17, 15) is 4.79 Å². The third kappa shape index (κ3) is 1.80. The van der Waals surface area contributed by atoms with Gasteiger partial charge in [0.25, 0.3) is 0 Å². The highest BCUT2D eigenvalue weighted by Gasteiger charge is 2.53. The maximum absolute atomic E-state index is 10.8. The molecule has 1 spiro atoms. The third-order valence-electron chi connectivity index (χ3n) is 4.55. The standard InChI is InChI=1S/C13H22O3/c1-10-11(4-7-14)12(2,3)5-6-13(10)15-8-9-16-13/h7,10-11H,4-6,8-9H2,1-3H3/t10-,11-/m0/s1. The summed E-state index contributed by atoms with van der Waals surface area (Å²) in [5.41, 5.74) is 0.209. The Kier molecular flexibility index (Phi) is 3.10. The van der Waals surface area contributed by atoms with Crippen LogP contribution in [0.2, 0.25) is 0 Å². The van der Waals surface area contributed by atoms with Crippen molar-refractivity contribution in [2.75, 3.05) is 13.2 Å². The molecular formula is C13H22O3. The Morgan fingerprint density at radius 3 is 2.44 bits per heavy atom. The van der Waals surface area contributed by atoms with E-state index < -0.39 is 5.79 Å². The summed E-state index contributed by atoms with van der Waals surface area (Å²) in [6.07, 6.45) is 3.67. The second-order valence-electron chi connectivity index (χ2n) is 5.79. The van der Waals surface area contributed by atoms with Crippen LogP contribution in [0.4, 0.5) is 0 Å². The van der Waals surface area contributed by atoms with Gasteiger partial charge >= 0.3 is 0 Å². The van der Waals surface area contributed by atoms with Crippen LogP contribution in [-0.2, 0) is 14.3 Å². The Labute approximate surface area is 97.5 Å². The Bertz CT molecular complexity index is 266. The first-order valence-corrected chi connectivity index (χ1v) is 6.23. The fourth-order valence-corrected chi connectivity index (χ4v) is 3.40. The van der Waals surface area contributed by atoms with Crippen molar-refractivity contribution in [1.29, 1.82) is 0 Å². The van der Waals surface area contributed by atoms with Crippen molar-refractivity contribution < 1.29 is 14.3 Å². The van der Waals surface area contributed by atoms with Crippen LogP contribution in [0.1, 0.15) is 40.0 Å². The van der Waals surface area contributed by atoms with Gasteiger partial charge in [0.15, 0.2) is 5.79 Å². The molecule has 2 fully saturated rings. The second-order valence-corrected chi connectivity index (χ2v) is 5.79. The van der Waals surface area contributed by atoms with Gasteiger partial charge in [0.1, 0.15) is 6.29 Å². The van der Waals surface area contributed by atoms with Crippen molar-refractivity contribution >= 4 is 6.29 Å². The fraction of sp³-hybridized carbons (Fsp3) is 0.923. The second kappa shape index (κ2) is 4.11. The van der Waals surface area contributed by atoms with Crippen LogP contribution >= 0.6 is 0 Å². The molecule has 3 heteroatoms. The zero-order chi connectivity index (χ0) is 11.8. The zero-order valence-corrected chi connectivity index (χ0v) is 10.5. The van der Waals surface area contributed by atoms with Crippen molar-refractivity contribution in [3.05, 3.63) is 0 Å². The molecule has 0 aromatic heterocycles. The first kappa shape index (κ1) is 12.1. The summed E-state index contributed by atoms with van der Waals surface area (Å²) in [6, 6.07) is 0. The van der Waals surface area contributed by atoms with Gasteiger partial charge in [-0.25, -0.2) is 0 Å². The fourth-order valence-electron chi connectivity index (χ4n) is 3.40. The SMILES string of the molecule is C[C@H]1[C@H](CC=O)C(C)(C)CCC12OCCO2. The van der Waals surface area contributed by atoms with Gasteiger partial charge in [-0.2, -0.15) is 0 Å². The lowest BCUT2D eigenvalue weighted by molar-refractivity contribution is -0.239. The van der Waals surface area contributed by atoms with Gasteiger partial charge in [-0.05, 0) is 17.8 Å². The molecule has 0 radical (unpaired) electrons. The molecule has 16 heavy (non-hydrogen) atoms. The molecule has 1 heterocycles. The van der Waals surface area contributed by atoms with E-state index in [-0.39, 0.29) is 5.41 Å². The number of hydrogen-bond acceptors (Lipinski definition) is 3. The van der Waals surface area contributed by atoms with Crippen molar-refractivity contribution in [3.8, 4) is 0 Å². The molecule has 1 saturated heterocycles. The normalized spacial score (nSPS) is 36.4. The topological polar surface area (TPSA) is 35.5 Å². The number of carbonyl (C=O) groups excluding carboxylic acids is 1. The van der Waals surface area contributed by atoms with E-state index >= 15 is 0 Å². The lowest BCUT2D eigenvalue weighted by Gasteiger charge is -2.50. The molecule has 3 nitrogen and oxygen atoms in total. The number of hydrogen-bond donors (Lipinski definition) is 0. The number of rotatable bonds is 2. The Morgan fingerprint density at radius 1 is 1.25 bits per heavy atom. The van der Waals surface area contributed by atoms with E-state index in [0.717, 1.165) is 19.1 Å². The summed E-state index contributed by atoms with van der Waals surface area (Å²) in [7, 11) is 0. The van der Waals surface area contributed by atoms with E-state index in [2.05, 4.69) is 20.8 Å². The number of carbonyl (C=O) groups is 1. The van der Waals surface area contributed by atoms with E-state index in [1.807, 2.05) is 0 Å². The predicted octanol–water partition coefficient (Wildman–Crippen LogP) is 2.39. The molecule has 0 aromatic carbocycles. The zero-order valence-electron chi connectivity index (χ0n) is 10.5. The molecule has 1 aliphatic heterocycles. The summed E-state index contributed by atoms with van der Waals surface area (Å²) >= 11 is 0. The van der Waals surface area contributed by atoms with Crippen molar-refractivity contribution in [3.63, 3.8) is 0 Å². The maximum Gasteiger partial charge on any atom is 0.171 e. The minimum absolute atomic E-state index is 0.209. The molecule has 0 amide bonds. The first-order valence-electron chi connectivity index (χ1n) is 6.23. The van der Waals surface area contributed by atoms with E-state index in [0.29, 0.717) is 31.5 Å². The van der Waals surface area contributed by atoms with Gasteiger partial charge in [-0.1, -0.05) is 20.8 Å². The van der Waals surface area contributed by atoms with E-state index in [1.54, 1.807) is 0 Å². The molecular weight excluding hydrogens is 204 g/mol. The Balaban J connectivity index is 2.21. The molecule has 0 bridgehead atoms. The van der Waals surface area contributed by atoms with Crippen molar-refractivity contribution in [1.82, 2.24) is 0 Å². The average molecular weight is 226 g/mol. The minimum atomic E-state index is -0.400. The average Bonchev–Trinajstić information content (AvgIpc) is 2.70. The Hall–Kier alpha value is -0.410. The van der Waals surface area contributed by atoms with E-state index in [1.165, 1.54) is 0 Å². The van der Waals surface area contributed by atoms with Crippen LogP contribution in [0.25, 0.3) is 0 Å². The van der Waals surface area contributed by atoms with Crippen molar-refractivity contribution in [2.24, 2.45) is 17.3 Å². The highest BCUT2D eigenvalue weighted by Crippen LogP contribution is 2.52. The molecule has 0 aromatic rings. The molecule has 0 unspecified atom stereocenters. The molecule has 1 aliphatic carbocycles. The molecule has 92 valence electrons. The molecule has 0 N–H and O–H groups in total. The minimum Gasteiger partial charge on any atom is -0.347 e. The van der Waals surface area contributed by atoms with Gasteiger partial charge in [0.05, 0.1) is 13.2 Å². The monoisotopic (exact) mass is 226 g/mol. The first-order chi connectivity index (χ1) is 7.52. The van der Waals surface area contributed by atoms with E-state index in [4.69, 9.17) is 9.47 Å². The molecule has 2 rings (SSSR count). The van der Waals surface area contributed by atoms with Crippen LogP contribution in [0.3, 0.4) is 0 Å². The number of ether oxygens (including phenoxy) is 2. The van der Waals surface area contributed by atoms with Gasteiger partial charge in [0, 0.05) is 18.8 Å². The Morgan fingerprint density at radius 2 is 1.88 bits per heavy atom. The summed E-state index contributed by atoms with van der Waals surface area (Å²) in [6.45, 7) is 8.05. The third-order valence-corrected chi connectivity index (χ3v) is 4.55. The summed E-state index contributed by atoms with van der Waals surface area (Å²) in [5, 5.41) is 0. The largest absolute Gasteiger partial charge is 0.347 e. The van der Waals surface area contributed by atoms with Gasteiger partial charge in [-0.3, -0.25) is 0 Å².